The van der Waals surface area contributed by atoms with Crippen molar-refractivity contribution >= 4 is 0 Å². The van der Waals surface area contributed by atoms with E-state index >= 15 is 0 Å². The van der Waals surface area contributed by atoms with E-state index in [2.05, 4.69) is 9.97 Å². The van der Waals surface area contributed by atoms with Gasteiger partial charge in [0.25, 0.3) is 0 Å². The summed E-state index contributed by atoms with van der Waals surface area (Å²) in [5, 5.41) is 0. The fraction of sp³-hybridized carbons (Fsp3) is 0.429. The van der Waals surface area contributed by atoms with Crippen LogP contribution in [0.2, 0.25) is 0 Å². The van der Waals surface area contributed by atoms with Gasteiger partial charge in [0.05, 0.1) is 6.26 Å². The molecule has 2 aromatic heterocycles. The van der Waals surface area contributed by atoms with E-state index < -0.39 is 0 Å². The number of aromatic nitrogens is 2. The van der Waals surface area contributed by atoms with Gasteiger partial charge < -0.3 is 10.2 Å². The third-order valence-corrected chi connectivity index (χ3v) is 3.65. The van der Waals surface area contributed by atoms with Crippen LogP contribution in [0.3, 0.4) is 0 Å². The van der Waals surface area contributed by atoms with E-state index in [0.29, 0.717) is 11.7 Å². The first-order valence-corrected chi connectivity index (χ1v) is 6.37. The SMILES string of the molecule is Cc1ccoc1-c1ncc2c(n1)CCC(CN)C2. The van der Waals surface area contributed by atoms with Crippen LogP contribution in [0.25, 0.3) is 11.6 Å². The Balaban J connectivity index is 1.95. The Hall–Kier alpha value is -1.68. The Morgan fingerprint density at radius 1 is 1.50 bits per heavy atom. The fourth-order valence-corrected chi connectivity index (χ4v) is 2.50. The number of nitrogens with two attached hydrogens (primary N) is 1. The molecule has 2 aromatic rings. The van der Waals surface area contributed by atoms with Crippen molar-refractivity contribution in [2.45, 2.75) is 26.2 Å². The maximum Gasteiger partial charge on any atom is 0.196 e. The van der Waals surface area contributed by atoms with Gasteiger partial charge in [-0.25, -0.2) is 9.97 Å². The molecule has 0 fully saturated rings. The van der Waals surface area contributed by atoms with Gasteiger partial charge in [-0.3, -0.25) is 0 Å². The van der Waals surface area contributed by atoms with E-state index in [1.807, 2.05) is 19.2 Å². The highest BCUT2D eigenvalue weighted by Crippen LogP contribution is 2.26. The molecule has 2 N–H and O–H groups in total. The molecule has 1 aliphatic rings. The topological polar surface area (TPSA) is 64.9 Å². The van der Waals surface area contributed by atoms with Crippen LogP contribution < -0.4 is 5.73 Å². The molecule has 3 rings (SSSR count). The number of aryl methyl sites for hydroxylation is 2. The first kappa shape index (κ1) is 11.4. The summed E-state index contributed by atoms with van der Waals surface area (Å²) in [7, 11) is 0. The minimum Gasteiger partial charge on any atom is -0.461 e. The molecule has 18 heavy (non-hydrogen) atoms. The number of hydrogen-bond acceptors (Lipinski definition) is 4. The predicted octanol–water partition coefficient (Wildman–Crippen LogP) is 2.11. The van der Waals surface area contributed by atoms with Gasteiger partial charge in [-0.05, 0) is 55.8 Å². The lowest BCUT2D eigenvalue weighted by molar-refractivity contribution is 0.461. The van der Waals surface area contributed by atoms with Gasteiger partial charge in [0.2, 0.25) is 0 Å². The number of hydrogen-bond donors (Lipinski definition) is 1. The molecule has 0 radical (unpaired) electrons. The lowest BCUT2D eigenvalue weighted by Gasteiger charge is -2.22. The smallest absolute Gasteiger partial charge is 0.196 e. The molecule has 2 heterocycles. The van der Waals surface area contributed by atoms with Gasteiger partial charge in [0.15, 0.2) is 11.6 Å². The van der Waals surface area contributed by atoms with Crippen LogP contribution in [0.1, 0.15) is 23.2 Å². The Bertz CT molecular complexity index is 562. The van der Waals surface area contributed by atoms with Crippen molar-refractivity contribution in [3.05, 3.63) is 35.3 Å². The highest BCUT2D eigenvalue weighted by atomic mass is 16.3. The van der Waals surface area contributed by atoms with Crippen LogP contribution >= 0.6 is 0 Å². The molecule has 4 heteroatoms. The third kappa shape index (κ3) is 1.93. The van der Waals surface area contributed by atoms with Gasteiger partial charge in [0, 0.05) is 11.9 Å². The zero-order valence-corrected chi connectivity index (χ0v) is 10.5. The minimum absolute atomic E-state index is 0.581. The quantitative estimate of drug-likeness (QED) is 0.877. The first-order chi connectivity index (χ1) is 8.78. The highest BCUT2D eigenvalue weighted by Gasteiger charge is 2.20. The second-order valence-electron chi connectivity index (χ2n) is 4.94. The molecule has 1 unspecified atom stereocenters. The lowest BCUT2D eigenvalue weighted by Crippen LogP contribution is -2.23. The average Bonchev–Trinajstić information content (AvgIpc) is 2.84. The zero-order valence-electron chi connectivity index (χ0n) is 10.5. The van der Waals surface area contributed by atoms with Gasteiger partial charge in [0.1, 0.15) is 0 Å². The van der Waals surface area contributed by atoms with Crippen molar-refractivity contribution in [3.8, 4) is 11.6 Å². The molecule has 0 saturated carbocycles. The molecule has 0 saturated heterocycles. The number of nitrogens with zero attached hydrogens (tertiary/aromatic N) is 2. The van der Waals surface area contributed by atoms with E-state index in [1.165, 1.54) is 5.56 Å². The maximum absolute atomic E-state index is 5.73. The average molecular weight is 243 g/mol. The van der Waals surface area contributed by atoms with Crippen LogP contribution in [-0.4, -0.2) is 16.5 Å². The van der Waals surface area contributed by atoms with Crippen LogP contribution in [0.5, 0.6) is 0 Å². The van der Waals surface area contributed by atoms with Crippen molar-refractivity contribution in [1.82, 2.24) is 9.97 Å². The normalized spacial score (nSPS) is 18.7. The third-order valence-electron chi connectivity index (χ3n) is 3.65. The predicted molar refractivity (Wildman–Crippen MR) is 69.0 cm³/mol. The Kier molecular flexibility index (Phi) is 2.88. The second kappa shape index (κ2) is 4.53. The van der Waals surface area contributed by atoms with Crippen LogP contribution in [-0.2, 0) is 12.8 Å². The molecular formula is C14H17N3O. The summed E-state index contributed by atoms with van der Waals surface area (Å²) in [6.07, 6.45) is 6.73. The Morgan fingerprint density at radius 2 is 2.39 bits per heavy atom. The van der Waals surface area contributed by atoms with Crippen LogP contribution in [0, 0.1) is 12.8 Å². The van der Waals surface area contributed by atoms with Gasteiger partial charge >= 0.3 is 0 Å². The van der Waals surface area contributed by atoms with Gasteiger partial charge in [-0.15, -0.1) is 0 Å². The first-order valence-electron chi connectivity index (χ1n) is 6.37. The number of fused-ring (bicyclic) bond motifs is 1. The van der Waals surface area contributed by atoms with E-state index in [1.54, 1.807) is 6.26 Å². The highest BCUT2D eigenvalue weighted by molar-refractivity contribution is 5.52. The summed E-state index contributed by atoms with van der Waals surface area (Å²) >= 11 is 0. The van der Waals surface area contributed by atoms with Crippen LogP contribution in [0.15, 0.2) is 22.9 Å². The maximum atomic E-state index is 5.73. The molecule has 0 bridgehead atoms. The van der Waals surface area contributed by atoms with E-state index in [9.17, 15) is 0 Å². The van der Waals surface area contributed by atoms with E-state index in [0.717, 1.165) is 42.8 Å². The number of rotatable bonds is 2. The van der Waals surface area contributed by atoms with Crippen molar-refractivity contribution < 1.29 is 4.42 Å². The number of furan rings is 1. The summed E-state index contributed by atoms with van der Waals surface area (Å²) in [6.45, 7) is 2.75. The molecule has 0 aromatic carbocycles. The summed E-state index contributed by atoms with van der Waals surface area (Å²) in [5.74, 6) is 2.05. The summed E-state index contributed by atoms with van der Waals surface area (Å²) < 4.78 is 5.44. The van der Waals surface area contributed by atoms with E-state index in [-0.39, 0.29) is 0 Å². The Labute approximate surface area is 106 Å². The standard InChI is InChI=1S/C14H17N3O/c1-9-4-5-18-13(9)14-16-8-11-6-10(7-15)2-3-12(11)17-14/h4-5,8,10H,2-3,6-7,15H2,1H3. The monoisotopic (exact) mass is 243 g/mol. The molecule has 94 valence electrons. The summed E-state index contributed by atoms with van der Waals surface area (Å²) in [6, 6.07) is 1.93. The van der Waals surface area contributed by atoms with Gasteiger partial charge in [-0.1, -0.05) is 0 Å². The minimum atomic E-state index is 0.581. The molecule has 1 aliphatic carbocycles. The molecular weight excluding hydrogens is 226 g/mol. The van der Waals surface area contributed by atoms with Crippen molar-refractivity contribution in [2.24, 2.45) is 11.7 Å². The molecule has 1 atom stereocenters. The molecule has 0 amide bonds. The lowest BCUT2D eigenvalue weighted by atomic mass is 9.87. The van der Waals surface area contributed by atoms with Crippen molar-refractivity contribution in [2.75, 3.05) is 6.54 Å². The zero-order chi connectivity index (χ0) is 12.5. The largest absolute Gasteiger partial charge is 0.461 e. The van der Waals surface area contributed by atoms with Crippen LogP contribution in [0.4, 0.5) is 0 Å². The van der Waals surface area contributed by atoms with Crippen molar-refractivity contribution in [1.29, 1.82) is 0 Å². The fourth-order valence-electron chi connectivity index (χ4n) is 2.50. The van der Waals surface area contributed by atoms with E-state index in [4.69, 9.17) is 10.2 Å². The molecule has 0 spiro atoms. The summed E-state index contributed by atoms with van der Waals surface area (Å²) in [5.41, 5.74) is 9.20. The molecule has 4 nitrogen and oxygen atoms in total. The summed E-state index contributed by atoms with van der Waals surface area (Å²) in [4.78, 5) is 9.06. The Morgan fingerprint density at radius 3 is 3.11 bits per heavy atom. The second-order valence-corrected chi connectivity index (χ2v) is 4.94. The van der Waals surface area contributed by atoms with Gasteiger partial charge in [-0.2, -0.15) is 0 Å². The van der Waals surface area contributed by atoms with Crippen molar-refractivity contribution in [3.63, 3.8) is 0 Å². The molecule has 0 aliphatic heterocycles.